The van der Waals surface area contributed by atoms with E-state index in [1.54, 1.807) is 0 Å². The molecule has 1 saturated carbocycles. The number of rotatable bonds is 2. The van der Waals surface area contributed by atoms with Crippen LogP contribution in [0.15, 0.2) is 24.3 Å². The van der Waals surface area contributed by atoms with Crippen LogP contribution in [0.4, 0.5) is 0 Å². The van der Waals surface area contributed by atoms with Crippen LogP contribution in [0.1, 0.15) is 29.9 Å². The van der Waals surface area contributed by atoms with Crippen LogP contribution in [0.5, 0.6) is 0 Å². The van der Waals surface area contributed by atoms with E-state index in [-0.39, 0.29) is 6.61 Å². The molecule has 0 radical (unpaired) electrons. The molecular weight excluding hydrogens is 136 g/mol. The lowest BCUT2D eigenvalue weighted by Crippen LogP contribution is -1.85. The van der Waals surface area contributed by atoms with Crippen molar-refractivity contribution < 1.29 is 5.11 Å². The largest absolute Gasteiger partial charge is 0.392 e. The van der Waals surface area contributed by atoms with E-state index in [0.717, 1.165) is 11.5 Å². The van der Waals surface area contributed by atoms with Gasteiger partial charge in [-0.05, 0) is 29.9 Å². The van der Waals surface area contributed by atoms with Gasteiger partial charge in [0.05, 0.1) is 6.61 Å². The molecule has 0 aromatic heterocycles. The number of hydrogen-bond donors (Lipinski definition) is 1. The van der Waals surface area contributed by atoms with Crippen molar-refractivity contribution >= 4 is 0 Å². The number of benzene rings is 1. The van der Waals surface area contributed by atoms with Gasteiger partial charge in [-0.2, -0.15) is 0 Å². The van der Waals surface area contributed by atoms with E-state index >= 15 is 0 Å². The summed E-state index contributed by atoms with van der Waals surface area (Å²) in [4.78, 5) is 0. The third-order valence-electron chi connectivity index (χ3n) is 2.18. The standard InChI is InChI=1S/C10H12O/c11-7-8-2-1-3-10(6-8)9-4-5-9/h1-3,6,9,11H,4-5,7H2. The molecule has 1 aromatic rings. The van der Waals surface area contributed by atoms with Crippen LogP contribution in [-0.4, -0.2) is 5.11 Å². The summed E-state index contributed by atoms with van der Waals surface area (Å²) in [7, 11) is 0. The highest BCUT2D eigenvalue weighted by Crippen LogP contribution is 2.40. The second kappa shape index (κ2) is 2.67. The van der Waals surface area contributed by atoms with Crippen molar-refractivity contribution in [1.82, 2.24) is 0 Å². The molecule has 0 bridgehead atoms. The quantitative estimate of drug-likeness (QED) is 0.680. The van der Waals surface area contributed by atoms with Gasteiger partial charge in [0.25, 0.3) is 0 Å². The Bertz CT molecular complexity index is 251. The minimum absolute atomic E-state index is 0.167. The Balaban J connectivity index is 2.26. The predicted molar refractivity (Wildman–Crippen MR) is 44.3 cm³/mol. The molecular formula is C10H12O. The first kappa shape index (κ1) is 6.86. The summed E-state index contributed by atoms with van der Waals surface area (Å²) in [6, 6.07) is 8.25. The first-order valence-electron chi connectivity index (χ1n) is 4.10. The summed E-state index contributed by atoms with van der Waals surface area (Å²) < 4.78 is 0. The fraction of sp³-hybridized carbons (Fsp3) is 0.400. The van der Waals surface area contributed by atoms with Crippen molar-refractivity contribution in [2.45, 2.75) is 25.4 Å². The molecule has 58 valence electrons. The summed E-state index contributed by atoms with van der Waals surface area (Å²) in [5, 5.41) is 8.86. The van der Waals surface area contributed by atoms with E-state index in [1.165, 1.54) is 18.4 Å². The van der Waals surface area contributed by atoms with Gasteiger partial charge >= 0.3 is 0 Å². The van der Waals surface area contributed by atoms with Crippen molar-refractivity contribution in [1.29, 1.82) is 0 Å². The lowest BCUT2D eigenvalue weighted by molar-refractivity contribution is 0.281. The van der Waals surface area contributed by atoms with Crippen LogP contribution in [0, 0.1) is 0 Å². The Morgan fingerprint density at radius 1 is 1.36 bits per heavy atom. The summed E-state index contributed by atoms with van der Waals surface area (Å²) in [5.41, 5.74) is 2.44. The summed E-state index contributed by atoms with van der Waals surface area (Å²) in [6.45, 7) is 0.167. The minimum atomic E-state index is 0.167. The van der Waals surface area contributed by atoms with Crippen LogP contribution in [-0.2, 0) is 6.61 Å². The molecule has 1 fully saturated rings. The van der Waals surface area contributed by atoms with Gasteiger partial charge in [0, 0.05) is 0 Å². The molecule has 0 spiro atoms. The highest BCUT2D eigenvalue weighted by Gasteiger charge is 2.22. The maximum Gasteiger partial charge on any atom is 0.0681 e. The van der Waals surface area contributed by atoms with Crippen LogP contribution in [0.3, 0.4) is 0 Å². The topological polar surface area (TPSA) is 20.2 Å². The molecule has 1 N–H and O–H groups in total. The molecule has 1 heteroatoms. The summed E-state index contributed by atoms with van der Waals surface area (Å²) in [6.07, 6.45) is 2.66. The van der Waals surface area contributed by atoms with Gasteiger partial charge in [-0.25, -0.2) is 0 Å². The van der Waals surface area contributed by atoms with Gasteiger partial charge in [0.15, 0.2) is 0 Å². The number of aliphatic hydroxyl groups excluding tert-OH is 1. The van der Waals surface area contributed by atoms with Crippen LogP contribution in [0.25, 0.3) is 0 Å². The van der Waals surface area contributed by atoms with Crippen molar-refractivity contribution in [3.8, 4) is 0 Å². The Hall–Kier alpha value is -0.820. The first-order chi connectivity index (χ1) is 5.40. The lowest BCUT2D eigenvalue weighted by atomic mass is 10.1. The van der Waals surface area contributed by atoms with E-state index < -0.39 is 0 Å². The molecule has 0 atom stereocenters. The Kier molecular flexibility index (Phi) is 1.66. The molecule has 1 aliphatic rings. The Morgan fingerprint density at radius 2 is 2.18 bits per heavy atom. The smallest absolute Gasteiger partial charge is 0.0681 e. The van der Waals surface area contributed by atoms with E-state index in [1.807, 2.05) is 12.1 Å². The van der Waals surface area contributed by atoms with E-state index in [4.69, 9.17) is 5.11 Å². The van der Waals surface area contributed by atoms with Gasteiger partial charge in [-0.1, -0.05) is 24.3 Å². The van der Waals surface area contributed by atoms with E-state index in [2.05, 4.69) is 12.1 Å². The minimum Gasteiger partial charge on any atom is -0.392 e. The van der Waals surface area contributed by atoms with Gasteiger partial charge in [-0.15, -0.1) is 0 Å². The van der Waals surface area contributed by atoms with Gasteiger partial charge in [0.2, 0.25) is 0 Å². The van der Waals surface area contributed by atoms with Crippen molar-refractivity contribution in [2.24, 2.45) is 0 Å². The highest BCUT2D eigenvalue weighted by atomic mass is 16.3. The molecule has 11 heavy (non-hydrogen) atoms. The van der Waals surface area contributed by atoms with Gasteiger partial charge < -0.3 is 5.11 Å². The molecule has 0 aliphatic heterocycles. The maximum atomic E-state index is 8.86. The third-order valence-corrected chi connectivity index (χ3v) is 2.18. The molecule has 1 aliphatic carbocycles. The number of hydrogen-bond acceptors (Lipinski definition) is 1. The third kappa shape index (κ3) is 1.43. The highest BCUT2D eigenvalue weighted by molar-refractivity contribution is 5.28. The molecule has 0 heterocycles. The molecule has 1 aromatic carbocycles. The van der Waals surface area contributed by atoms with Gasteiger partial charge in [0.1, 0.15) is 0 Å². The zero-order valence-electron chi connectivity index (χ0n) is 6.46. The van der Waals surface area contributed by atoms with Crippen molar-refractivity contribution in [3.05, 3.63) is 35.4 Å². The van der Waals surface area contributed by atoms with Crippen LogP contribution in [0.2, 0.25) is 0 Å². The zero-order valence-corrected chi connectivity index (χ0v) is 6.46. The molecule has 0 amide bonds. The average molecular weight is 148 g/mol. The summed E-state index contributed by atoms with van der Waals surface area (Å²) in [5.74, 6) is 0.793. The SMILES string of the molecule is OCc1cccc(C2CC2)c1. The average Bonchev–Trinajstić information content (AvgIpc) is 2.87. The molecule has 1 nitrogen and oxygen atoms in total. The van der Waals surface area contributed by atoms with Crippen molar-refractivity contribution in [2.75, 3.05) is 0 Å². The molecule has 0 unspecified atom stereocenters. The monoisotopic (exact) mass is 148 g/mol. The van der Waals surface area contributed by atoms with E-state index in [0.29, 0.717) is 0 Å². The lowest BCUT2D eigenvalue weighted by Gasteiger charge is -1.99. The molecule has 0 saturated heterocycles. The molecule has 2 rings (SSSR count). The Labute approximate surface area is 66.7 Å². The fourth-order valence-corrected chi connectivity index (χ4v) is 1.36. The van der Waals surface area contributed by atoms with Crippen LogP contribution >= 0.6 is 0 Å². The first-order valence-corrected chi connectivity index (χ1v) is 4.10. The van der Waals surface area contributed by atoms with Crippen LogP contribution < -0.4 is 0 Å². The summed E-state index contributed by atoms with van der Waals surface area (Å²) >= 11 is 0. The Morgan fingerprint density at radius 3 is 2.82 bits per heavy atom. The van der Waals surface area contributed by atoms with Crippen molar-refractivity contribution in [3.63, 3.8) is 0 Å². The predicted octanol–water partition coefficient (Wildman–Crippen LogP) is 2.06. The number of aliphatic hydroxyl groups is 1. The van der Waals surface area contributed by atoms with Gasteiger partial charge in [-0.3, -0.25) is 0 Å². The second-order valence-electron chi connectivity index (χ2n) is 3.18. The van der Waals surface area contributed by atoms with E-state index in [9.17, 15) is 0 Å². The zero-order chi connectivity index (χ0) is 7.68. The second-order valence-corrected chi connectivity index (χ2v) is 3.18. The fourth-order valence-electron chi connectivity index (χ4n) is 1.36. The normalized spacial score (nSPS) is 16.8. The maximum absolute atomic E-state index is 8.86.